The number of nitrogens with two attached hydrogens (primary N) is 1. The van der Waals surface area contributed by atoms with E-state index in [9.17, 15) is 0 Å². The molecular formula is C20H18ClN5S. The first-order valence-corrected chi connectivity index (χ1v) is 9.85. The molecule has 27 heavy (non-hydrogen) atoms. The van der Waals surface area contributed by atoms with Crippen molar-refractivity contribution in [3.8, 4) is 11.4 Å². The van der Waals surface area contributed by atoms with E-state index >= 15 is 0 Å². The zero-order chi connectivity index (χ0) is 18.6. The highest BCUT2D eigenvalue weighted by Crippen LogP contribution is 2.31. The van der Waals surface area contributed by atoms with Gasteiger partial charge in [0.15, 0.2) is 5.82 Å². The normalized spacial score (nSPS) is 12.2. The van der Waals surface area contributed by atoms with Crippen molar-refractivity contribution >= 4 is 39.0 Å². The number of fused-ring (bicyclic) bond motifs is 1. The zero-order valence-electron chi connectivity index (χ0n) is 14.5. The summed E-state index contributed by atoms with van der Waals surface area (Å²) in [4.78, 5) is 13.4. The van der Waals surface area contributed by atoms with Gasteiger partial charge in [-0.1, -0.05) is 41.9 Å². The van der Waals surface area contributed by atoms with Crippen molar-refractivity contribution in [1.29, 1.82) is 0 Å². The second kappa shape index (κ2) is 8.00. The first-order chi connectivity index (χ1) is 13.2. The summed E-state index contributed by atoms with van der Waals surface area (Å²) in [5.74, 6) is 1.36. The van der Waals surface area contributed by atoms with Crippen LogP contribution in [0.25, 0.3) is 21.6 Å². The lowest BCUT2D eigenvalue weighted by molar-refractivity contribution is 0.698. The van der Waals surface area contributed by atoms with Crippen LogP contribution in [0.15, 0.2) is 60.2 Å². The lowest BCUT2D eigenvalue weighted by Gasteiger charge is -2.14. The van der Waals surface area contributed by atoms with Gasteiger partial charge in [-0.2, -0.15) is 0 Å². The first-order valence-electron chi connectivity index (χ1n) is 8.59. The molecule has 1 aromatic carbocycles. The maximum atomic E-state index is 6.31. The number of nitrogens with zero attached hydrogens (tertiary/aromatic N) is 3. The Morgan fingerprint density at radius 1 is 1.11 bits per heavy atom. The number of hydrogen-bond acceptors (Lipinski definition) is 6. The number of anilines is 1. The van der Waals surface area contributed by atoms with Crippen LogP contribution in [0.1, 0.15) is 5.56 Å². The third-order valence-corrected chi connectivity index (χ3v) is 5.40. The van der Waals surface area contributed by atoms with Crippen molar-refractivity contribution < 1.29 is 0 Å². The van der Waals surface area contributed by atoms with Gasteiger partial charge in [0.05, 0.1) is 15.2 Å². The van der Waals surface area contributed by atoms with Crippen molar-refractivity contribution in [2.24, 2.45) is 5.73 Å². The highest BCUT2D eigenvalue weighted by Gasteiger charge is 2.14. The number of pyridine rings is 1. The van der Waals surface area contributed by atoms with E-state index in [1.54, 1.807) is 23.7 Å². The molecule has 3 aromatic heterocycles. The molecule has 3 N–H and O–H groups in total. The number of nitrogens with one attached hydrogen (secondary N) is 1. The summed E-state index contributed by atoms with van der Waals surface area (Å²) in [7, 11) is 0. The van der Waals surface area contributed by atoms with Crippen LogP contribution < -0.4 is 11.1 Å². The Kier molecular flexibility index (Phi) is 5.29. The van der Waals surface area contributed by atoms with Crippen molar-refractivity contribution in [2.75, 3.05) is 11.9 Å². The molecule has 0 amide bonds. The van der Waals surface area contributed by atoms with Crippen LogP contribution in [0, 0.1) is 0 Å². The van der Waals surface area contributed by atoms with E-state index in [1.165, 1.54) is 5.56 Å². The van der Waals surface area contributed by atoms with Crippen LogP contribution in [-0.2, 0) is 6.42 Å². The predicted octanol–water partition coefficient (Wildman–Crippen LogP) is 4.39. The van der Waals surface area contributed by atoms with Crippen molar-refractivity contribution in [3.63, 3.8) is 0 Å². The van der Waals surface area contributed by atoms with Gasteiger partial charge in [0.25, 0.3) is 0 Å². The smallest absolute Gasteiger partial charge is 0.163 e. The maximum absolute atomic E-state index is 6.31. The Hall–Kier alpha value is -2.54. The SMILES string of the molecule is N[C@H](CNc1nc(-c2ccncc2Cl)nc2ccsc12)Cc1ccccc1. The monoisotopic (exact) mass is 395 g/mol. The summed E-state index contributed by atoms with van der Waals surface area (Å²) < 4.78 is 1.01. The standard InChI is InChI=1S/C20H18ClN5S/c21-16-12-23-8-6-15(16)19-25-17-7-9-27-18(17)20(26-19)24-11-14(22)10-13-4-2-1-3-5-13/h1-9,12,14H,10-11,22H2,(H,24,25,26)/t14-/m0/s1. The van der Waals surface area contributed by atoms with Gasteiger partial charge in [0, 0.05) is 30.5 Å². The Bertz CT molecular complexity index is 1050. The van der Waals surface area contributed by atoms with Gasteiger partial charge >= 0.3 is 0 Å². The molecule has 7 heteroatoms. The first kappa shape index (κ1) is 17.9. The van der Waals surface area contributed by atoms with Crippen LogP contribution in [-0.4, -0.2) is 27.5 Å². The second-order valence-electron chi connectivity index (χ2n) is 6.22. The highest BCUT2D eigenvalue weighted by molar-refractivity contribution is 7.17. The molecule has 0 saturated carbocycles. The van der Waals surface area contributed by atoms with Crippen molar-refractivity contribution in [2.45, 2.75) is 12.5 Å². The molecule has 5 nitrogen and oxygen atoms in total. The minimum atomic E-state index is -0.0228. The molecule has 0 aliphatic heterocycles. The number of hydrogen-bond donors (Lipinski definition) is 2. The molecule has 0 radical (unpaired) electrons. The third kappa shape index (κ3) is 4.08. The molecule has 136 valence electrons. The quantitative estimate of drug-likeness (QED) is 0.506. The van der Waals surface area contributed by atoms with Gasteiger partial charge in [0.1, 0.15) is 5.82 Å². The van der Waals surface area contributed by atoms with Crippen LogP contribution in [0.5, 0.6) is 0 Å². The molecule has 3 heterocycles. The second-order valence-corrected chi connectivity index (χ2v) is 7.54. The molecule has 0 aliphatic rings. The minimum Gasteiger partial charge on any atom is -0.367 e. The fraction of sp³-hybridized carbons (Fsp3) is 0.150. The summed E-state index contributed by atoms with van der Waals surface area (Å²) in [5.41, 5.74) is 9.18. The lowest BCUT2D eigenvalue weighted by Crippen LogP contribution is -2.31. The largest absolute Gasteiger partial charge is 0.367 e. The predicted molar refractivity (Wildman–Crippen MR) is 112 cm³/mol. The van der Waals surface area contributed by atoms with Crippen molar-refractivity contribution in [3.05, 3.63) is 70.8 Å². The minimum absolute atomic E-state index is 0.0228. The van der Waals surface area contributed by atoms with Gasteiger partial charge in [-0.25, -0.2) is 9.97 Å². The highest BCUT2D eigenvalue weighted by atomic mass is 35.5. The summed E-state index contributed by atoms with van der Waals surface area (Å²) in [6, 6.07) is 14.0. The number of thiophene rings is 1. The van der Waals surface area contributed by atoms with E-state index < -0.39 is 0 Å². The van der Waals surface area contributed by atoms with Gasteiger partial charge in [-0.15, -0.1) is 11.3 Å². The summed E-state index contributed by atoms with van der Waals surface area (Å²) in [5, 5.41) is 5.93. The average molecular weight is 396 g/mol. The fourth-order valence-electron chi connectivity index (χ4n) is 2.88. The summed E-state index contributed by atoms with van der Waals surface area (Å²) in [6.45, 7) is 0.614. The molecule has 0 saturated heterocycles. The van der Waals surface area contributed by atoms with Crippen LogP contribution in [0.2, 0.25) is 5.02 Å². The van der Waals surface area contributed by atoms with Gasteiger partial charge in [0.2, 0.25) is 0 Å². The van der Waals surface area contributed by atoms with E-state index in [1.807, 2.05) is 35.7 Å². The maximum Gasteiger partial charge on any atom is 0.163 e. The molecule has 0 unspecified atom stereocenters. The molecule has 1 atom stereocenters. The summed E-state index contributed by atoms with van der Waals surface area (Å²) in [6.07, 6.45) is 4.09. The van der Waals surface area contributed by atoms with Crippen LogP contribution in [0.4, 0.5) is 5.82 Å². The molecular weight excluding hydrogens is 378 g/mol. The molecule has 4 aromatic rings. The van der Waals surface area contributed by atoms with E-state index in [2.05, 4.69) is 27.4 Å². The number of halogens is 1. The van der Waals surface area contributed by atoms with E-state index in [0.29, 0.717) is 17.4 Å². The molecule has 0 aliphatic carbocycles. The molecule has 4 rings (SSSR count). The number of rotatable bonds is 6. The van der Waals surface area contributed by atoms with Crippen molar-refractivity contribution in [1.82, 2.24) is 15.0 Å². The molecule has 0 fully saturated rings. The Morgan fingerprint density at radius 2 is 1.96 bits per heavy atom. The number of aromatic nitrogens is 3. The Balaban J connectivity index is 1.58. The average Bonchev–Trinajstić information content (AvgIpc) is 3.16. The van der Waals surface area contributed by atoms with Gasteiger partial charge in [-0.3, -0.25) is 4.98 Å². The molecule has 0 spiro atoms. The van der Waals surface area contributed by atoms with Gasteiger partial charge in [-0.05, 0) is 29.5 Å². The topological polar surface area (TPSA) is 76.7 Å². The van der Waals surface area contributed by atoms with E-state index in [-0.39, 0.29) is 6.04 Å². The fourth-order valence-corrected chi connectivity index (χ4v) is 3.88. The summed E-state index contributed by atoms with van der Waals surface area (Å²) >= 11 is 7.88. The zero-order valence-corrected chi connectivity index (χ0v) is 16.0. The third-order valence-electron chi connectivity index (χ3n) is 4.19. The van der Waals surface area contributed by atoms with E-state index in [4.69, 9.17) is 22.3 Å². The molecule has 0 bridgehead atoms. The Morgan fingerprint density at radius 3 is 2.78 bits per heavy atom. The van der Waals surface area contributed by atoms with Crippen LogP contribution >= 0.6 is 22.9 Å². The van der Waals surface area contributed by atoms with E-state index in [0.717, 1.165) is 28.0 Å². The lowest BCUT2D eigenvalue weighted by atomic mass is 10.1. The van der Waals surface area contributed by atoms with Crippen LogP contribution in [0.3, 0.4) is 0 Å². The number of benzene rings is 1. The Labute approximate surface area is 166 Å². The van der Waals surface area contributed by atoms with Gasteiger partial charge < -0.3 is 11.1 Å².